The van der Waals surface area contributed by atoms with Crippen LogP contribution in [0.5, 0.6) is 0 Å². The van der Waals surface area contributed by atoms with Gasteiger partial charge in [0.1, 0.15) is 6.20 Å². The number of hydrogen-bond donors (Lipinski definition) is 0. The summed E-state index contributed by atoms with van der Waals surface area (Å²) in [6.07, 6.45) is 6.58. The largest absolute Gasteiger partial charge is 0.772 e. The maximum atomic E-state index is 10.3. The van der Waals surface area contributed by atoms with Gasteiger partial charge in [0, 0.05) is 12.3 Å². The Labute approximate surface area is 87.4 Å². The average Bonchev–Trinajstić information content (AvgIpc) is 2.48. The van der Waals surface area contributed by atoms with E-state index < -0.39 is 11.1 Å². The highest BCUT2D eigenvalue weighted by molar-refractivity contribution is 7.79. The number of quaternary nitrogens is 1. The molecule has 1 aliphatic rings. The Bertz CT molecular complexity index is 268. The lowest BCUT2D eigenvalue weighted by Crippen LogP contribution is -2.36. The Balaban J connectivity index is 2.27. The third-order valence-corrected chi connectivity index (χ3v) is 2.90. The molecule has 1 aliphatic heterocycles. The van der Waals surface area contributed by atoms with Crippen molar-refractivity contribution in [2.75, 3.05) is 26.0 Å². The monoisotopic (exact) mass is 216 g/mol. The first-order valence-electron chi connectivity index (χ1n) is 4.53. The lowest BCUT2D eigenvalue weighted by Gasteiger charge is -2.24. The van der Waals surface area contributed by atoms with E-state index in [1.807, 2.05) is 18.6 Å². The smallest absolute Gasteiger partial charge is 0.162 e. The van der Waals surface area contributed by atoms with E-state index in [1.165, 1.54) is 0 Å². The molecule has 0 amide bonds. The number of rotatable bonds is 5. The molecule has 2 unspecified atom stereocenters. The summed E-state index contributed by atoms with van der Waals surface area (Å²) in [6.45, 7) is 5.38. The Morgan fingerprint density at radius 2 is 2.50 bits per heavy atom. The third kappa shape index (κ3) is 3.25. The van der Waals surface area contributed by atoms with Gasteiger partial charge in [-0.2, -0.15) is 0 Å². The summed E-state index contributed by atoms with van der Waals surface area (Å²) < 4.78 is 21.3. The SMILES string of the molecule is C=C[N+]1(C)C=CN(CCCS(=O)[O-])C1. The molecule has 0 saturated heterocycles. The second-order valence-electron chi connectivity index (χ2n) is 3.64. The van der Waals surface area contributed by atoms with Crippen molar-refractivity contribution in [2.24, 2.45) is 0 Å². The van der Waals surface area contributed by atoms with Gasteiger partial charge in [0.15, 0.2) is 6.67 Å². The van der Waals surface area contributed by atoms with E-state index in [0.717, 1.165) is 13.2 Å². The van der Waals surface area contributed by atoms with Crippen molar-refractivity contribution in [3.63, 3.8) is 0 Å². The van der Waals surface area contributed by atoms with E-state index in [4.69, 9.17) is 0 Å². The quantitative estimate of drug-likeness (QED) is 0.499. The van der Waals surface area contributed by atoms with Gasteiger partial charge in [-0.15, -0.1) is 0 Å². The maximum Gasteiger partial charge on any atom is 0.162 e. The van der Waals surface area contributed by atoms with Crippen molar-refractivity contribution in [3.05, 3.63) is 25.2 Å². The van der Waals surface area contributed by atoms with Crippen LogP contribution in [0.25, 0.3) is 0 Å². The highest BCUT2D eigenvalue weighted by Crippen LogP contribution is 2.15. The molecule has 0 N–H and O–H groups in total. The van der Waals surface area contributed by atoms with Gasteiger partial charge < -0.3 is 9.45 Å². The zero-order valence-corrected chi connectivity index (χ0v) is 9.20. The van der Waals surface area contributed by atoms with Crippen LogP contribution < -0.4 is 0 Å². The lowest BCUT2D eigenvalue weighted by atomic mass is 10.4. The standard InChI is InChI=1S/C9H16N2O2S/c1-3-11(2)7-6-10(9-11)5-4-8-14(12)13/h3,6-7H,1,4-5,8-9H2,2H3. The van der Waals surface area contributed by atoms with Gasteiger partial charge in [0.2, 0.25) is 0 Å². The second kappa shape index (κ2) is 4.72. The summed E-state index contributed by atoms with van der Waals surface area (Å²) in [4.78, 5) is 2.11. The van der Waals surface area contributed by atoms with E-state index in [2.05, 4.69) is 18.5 Å². The van der Waals surface area contributed by atoms with Gasteiger partial charge in [-0.1, -0.05) is 11.1 Å². The predicted molar refractivity (Wildman–Crippen MR) is 55.5 cm³/mol. The van der Waals surface area contributed by atoms with Crippen LogP contribution in [0.15, 0.2) is 25.2 Å². The molecule has 0 aliphatic carbocycles. The second-order valence-corrected chi connectivity index (χ2v) is 4.66. The summed E-state index contributed by atoms with van der Waals surface area (Å²) >= 11 is -1.91. The highest BCUT2D eigenvalue weighted by atomic mass is 32.2. The van der Waals surface area contributed by atoms with Crippen molar-refractivity contribution in [1.29, 1.82) is 0 Å². The van der Waals surface area contributed by atoms with Crippen molar-refractivity contribution < 1.29 is 13.2 Å². The van der Waals surface area contributed by atoms with Crippen LogP contribution in [0.1, 0.15) is 6.42 Å². The van der Waals surface area contributed by atoms with Crippen LogP contribution >= 0.6 is 0 Å². The van der Waals surface area contributed by atoms with Crippen molar-refractivity contribution in [3.8, 4) is 0 Å². The van der Waals surface area contributed by atoms with Crippen molar-refractivity contribution in [2.45, 2.75) is 6.42 Å². The fourth-order valence-corrected chi connectivity index (χ4v) is 1.75. The van der Waals surface area contributed by atoms with Crippen LogP contribution in [-0.2, 0) is 11.1 Å². The topological polar surface area (TPSA) is 43.4 Å². The normalized spacial score (nSPS) is 28.0. The molecule has 5 heteroatoms. The number of nitrogens with zero attached hydrogens (tertiary/aromatic N) is 2. The summed E-state index contributed by atoms with van der Waals surface area (Å²) in [6, 6.07) is 0. The maximum absolute atomic E-state index is 10.3. The fourth-order valence-electron chi connectivity index (χ4n) is 1.38. The molecule has 0 fully saturated rings. The van der Waals surface area contributed by atoms with Crippen LogP contribution in [0.2, 0.25) is 0 Å². The molecule has 1 rings (SSSR count). The molecular formula is C9H16N2O2S. The van der Waals surface area contributed by atoms with Crippen molar-refractivity contribution in [1.82, 2.24) is 4.90 Å². The van der Waals surface area contributed by atoms with Gasteiger partial charge in [-0.05, 0) is 13.0 Å². The van der Waals surface area contributed by atoms with Crippen LogP contribution in [-0.4, -0.2) is 44.2 Å². The molecule has 0 aromatic rings. The van der Waals surface area contributed by atoms with Crippen LogP contribution in [0, 0.1) is 0 Å². The van der Waals surface area contributed by atoms with Gasteiger partial charge in [0.05, 0.1) is 19.4 Å². The first-order chi connectivity index (χ1) is 6.56. The van der Waals surface area contributed by atoms with Gasteiger partial charge in [-0.25, -0.2) is 0 Å². The lowest BCUT2D eigenvalue weighted by molar-refractivity contribution is -0.808. The fraction of sp³-hybridized carbons (Fsp3) is 0.556. The predicted octanol–water partition coefficient (Wildman–Crippen LogP) is 0.590. The molecular weight excluding hydrogens is 200 g/mol. The van der Waals surface area contributed by atoms with Crippen LogP contribution in [0.3, 0.4) is 0 Å². The molecule has 80 valence electrons. The summed E-state index contributed by atoms with van der Waals surface area (Å²) in [5.74, 6) is 0.238. The van der Waals surface area contributed by atoms with E-state index in [9.17, 15) is 8.76 Å². The molecule has 2 atom stereocenters. The Morgan fingerprint density at radius 3 is 3.00 bits per heavy atom. The molecule has 0 aromatic heterocycles. The first-order valence-corrected chi connectivity index (χ1v) is 5.78. The van der Waals surface area contributed by atoms with Gasteiger partial charge in [-0.3, -0.25) is 8.69 Å². The molecule has 0 bridgehead atoms. The Kier molecular flexibility index (Phi) is 3.86. The summed E-state index contributed by atoms with van der Waals surface area (Å²) in [5, 5.41) is 0. The van der Waals surface area contributed by atoms with E-state index in [1.54, 1.807) is 0 Å². The molecule has 14 heavy (non-hydrogen) atoms. The zero-order chi connectivity index (χ0) is 10.6. The average molecular weight is 216 g/mol. The summed E-state index contributed by atoms with van der Waals surface area (Å²) in [5.41, 5.74) is 0. The van der Waals surface area contributed by atoms with Crippen molar-refractivity contribution >= 4 is 11.1 Å². The molecule has 0 saturated carbocycles. The molecule has 1 heterocycles. The zero-order valence-electron chi connectivity index (χ0n) is 8.39. The summed E-state index contributed by atoms with van der Waals surface area (Å²) in [7, 11) is 2.05. The minimum Gasteiger partial charge on any atom is -0.772 e. The molecule has 0 radical (unpaired) electrons. The first kappa shape index (κ1) is 11.4. The van der Waals surface area contributed by atoms with Gasteiger partial charge >= 0.3 is 0 Å². The molecule has 0 spiro atoms. The molecule has 4 nitrogen and oxygen atoms in total. The minimum atomic E-state index is -1.91. The van der Waals surface area contributed by atoms with E-state index in [-0.39, 0.29) is 5.75 Å². The minimum absolute atomic E-state index is 0.238. The van der Waals surface area contributed by atoms with Gasteiger partial charge in [0.25, 0.3) is 0 Å². The Hall–Kier alpha value is -0.650. The third-order valence-electron chi connectivity index (χ3n) is 2.28. The van der Waals surface area contributed by atoms with E-state index in [0.29, 0.717) is 10.9 Å². The van der Waals surface area contributed by atoms with Crippen LogP contribution in [0.4, 0.5) is 0 Å². The molecule has 0 aromatic carbocycles. The van der Waals surface area contributed by atoms with E-state index >= 15 is 0 Å². The number of hydrogen-bond acceptors (Lipinski definition) is 3. The highest BCUT2D eigenvalue weighted by Gasteiger charge is 2.23. The Morgan fingerprint density at radius 1 is 1.79 bits per heavy atom.